The maximum Gasteiger partial charge on any atom is 0.338 e. The van der Waals surface area contributed by atoms with Gasteiger partial charge in [-0.05, 0) is 55.2 Å². The van der Waals surface area contributed by atoms with Gasteiger partial charge in [0.15, 0.2) is 0 Å². The smallest absolute Gasteiger partial charge is 0.338 e. The SMILES string of the molecule is Cc1c(CC(=O)N2CCC3(CC2)CCN(C2=CC(=O)OC2)CC3)ccc2c1COC2=O. The van der Waals surface area contributed by atoms with Crippen molar-refractivity contribution in [1.29, 1.82) is 0 Å². The lowest BCUT2D eigenvalue weighted by atomic mass is 9.71. The van der Waals surface area contributed by atoms with Crippen LogP contribution in [0.15, 0.2) is 23.9 Å². The van der Waals surface area contributed by atoms with Gasteiger partial charge in [-0.25, -0.2) is 9.59 Å². The summed E-state index contributed by atoms with van der Waals surface area (Å²) < 4.78 is 10.2. The zero-order chi connectivity index (χ0) is 21.6. The molecule has 4 aliphatic rings. The van der Waals surface area contributed by atoms with E-state index in [9.17, 15) is 14.4 Å². The van der Waals surface area contributed by atoms with Crippen molar-refractivity contribution in [3.05, 3.63) is 46.2 Å². The molecule has 2 fully saturated rings. The van der Waals surface area contributed by atoms with Crippen LogP contribution in [-0.2, 0) is 32.1 Å². The number of nitrogens with zero attached hydrogens (tertiary/aromatic N) is 2. The number of fused-ring (bicyclic) bond motifs is 1. The van der Waals surface area contributed by atoms with Gasteiger partial charge >= 0.3 is 11.9 Å². The molecular weight excluding hydrogens is 396 g/mol. The highest BCUT2D eigenvalue weighted by Crippen LogP contribution is 2.42. The number of rotatable bonds is 3. The van der Waals surface area contributed by atoms with Gasteiger partial charge in [0, 0.05) is 37.8 Å². The van der Waals surface area contributed by atoms with E-state index >= 15 is 0 Å². The van der Waals surface area contributed by atoms with Gasteiger partial charge in [0.1, 0.15) is 13.2 Å². The number of carbonyl (C=O) groups is 3. The van der Waals surface area contributed by atoms with E-state index in [4.69, 9.17) is 9.47 Å². The largest absolute Gasteiger partial charge is 0.457 e. The van der Waals surface area contributed by atoms with Crippen LogP contribution in [-0.4, -0.2) is 60.4 Å². The monoisotopic (exact) mass is 424 g/mol. The number of amides is 1. The summed E-state index contributed by atoms with van der Waals surface area (Å²) in [6.07, 6.45) is 6.24. The Kier molecular flexibility index (Phi) is 4.99. The summed E-state index contributed by atoms with van der Waals surface area (Å²) in [6.45, 7) is 6.18. The van der Waals surface area contributed by atoms with Gasteiger partial charge in [0.05, 0.1) is 17.7 Å². The van der Waals surface area contributed by atoms with Crippen LogP contribution in [0, 0.1) is 12.3 Å². The number of piperidine rings is 2. The molecule has 7 nitrogen and oxygen atoms in total. The van der Waals surface area contributed by atoms with Crippen LogP contribution in [0.2, 0.25) is 0 Å². The molecule has 4 heterocycles. The first-order valence-electron chi connectivity index (χ1n) is 11.1. The summed E-state index contributed by atoms with van der Waals surface area (Å²) in [6, 6.07) is 3.68. The molecule has 7 heteroatoms. The minimum atomic E-state index is -0.272. The van der Waals surface area contributed by atoms with Crippen molar-refractivity contribution >= 4 is 17.8 Å². The maximum atomic E-state index is 13.0. The van der Waals surface area contributed by atoms with Gasteiger partial charge in [-0.1, -0.05) is 6.07 Å². The molecule has 1 aromatic carbocycles. The summed E-state index contributed by atoms with van der Waals surface area (Å²) in [5.41, 5.74) is 4.84. The Morgan fingerprint density at radius 2 is 1.71 bits per heavy atom. The Hall–Kier alpha value is -2.83. The van der Waals surface area contributed by atoms with E-state index in [2.05, 4.69) is 4.90 Å². The first-order valence-corrected chi connectivity index (χ1v) is 11.1. The van der Waals surface area contributed by atoms with E-state index in [0.717, 1.165) is 74.2 Å². The predicted molar refractivity (Wildman–Crippen MR) is 112 cm³/mol. The highest BCUT2D eigenvalue weighted by molar-refractivity contribution is 5.94. The van der Waals surface area contributed by atoms with Crippen LogP contribution in [0.4, 0.5) is 0 Å². The van der Waals surface area contributed by atoms with Crippen LogP contribution in [0.25, 0.3) is 0 Å². The standard InChI is InChI=1S/C24H28N2O5/c1-16-17(2-3-19-20(16)15-31-23(19)29)12-21(27)26-10-6-24(7-11-26)4-8-25(9-5-24)18-13-22(28)30-14-18/h2-3,13H,4-12,14-15H2,1H3. The number of cyclic esters (lactones) is 2. The van der Waals surface area contributed by atoms with Crippen LogP contribution in [0.3, 0.4) is 0 Å². The zero-order valence-corrected chi connectivity index (χ0v) is 17.9. The Morgan fingerprint density at radius 1 is 1.00 bits per heavy atom. The number of ether oxygens (including phenoxy) is 2. The summed E-state index contributed by atoms with van der Waals surface area (Å²) >= 11 is 0. The molecule has 5 rings (SSSR count). The molecule has 0 atom stereocenters. The quantitative estimate of drug-likeness (QED) is 0.694. The third kappa shape index (κ3) is 3.70. The molecular formula is C24H28N2O5. The predicted octanol–water partition coefficient (Wildman–Crippen LogP) is 2.35. The number of benzene rings is 1. The maximum absolute atomic E-state index is 13.0. The lowest BCUT2D eigenvalue weighted by Crippen LogP contribution is -2.48. The topological polar surface area (TPSA) is 76.2 Å². The second-order valence-corrected chi connectivity index (χ2v) is 9.24. The number of hydrogen-bond acceptors (Lipinski definition) is 6. The van der Waals surface area contributed by atoms with Crippen LogP contribution in [0.5, 0.6) is 0 Å². The second-order valence-electron chi connectivity index (χ2n) is 9.24. The van der Waals surface area contributed by atoms with Gasteiger partial charge in [-0.2, -0.15) is 0 Å². The number of hydrogen-bond donors (Lipinski definition) is 0. The molecule has 0 bridgehead atoms. The minimum absolute atomic E-state index is 0.160. The van der Waals surface area contributed by atoms with E-state index in [-0.39, 0.29) is 17.8 Å². The summed E-state index contributed by atoms with van der Waals surface area (Å²) in [4.78, 5) is 40.3. The van der Waals surface area contributed by atoms with Crippen LogP contribution < -0.4 is 0 Å². The highest BCUT2D eigenvalue weighted by atomic mass is 16.5. The number of esters is 2. The lowest BCUT2D eigenvalue weighted by molar-refractivity contribution is -0.135. The van der Waals surface area contributed by atoms with Gasteiger partial charge in [-0.3, -0.25) is 4.79 Å². The molecule has 2 saturated heterocycles. The van der Waals surface area contributed by atoms with Crippen molar-refractivity contribution in [3.63, 3.8) is 0 Å². The lowest BCUT2D eigenvalue weighted by Gasteiger charge is -2.47. The van der Waals surface area contributed by atoms with Crippen LogP contribution in [0.1, 0.15) is 52.7 Å². The van der Waals surface area contributed by atoms with E-state index < -0.39 is 0 Å². The molecule has 0 saturated carbocycles. The van der Waals surface area contributed by atoms with Crippen LogP contribution >= 0.6 is 0 Å². The molecule has 1 aromatic rings. The molecule has 1 amide bonds. The van der Waals surface area contributed by atoms with Gasteiger partial charge < -0.3 is 19.3 Å². The van der Waals surface area contributed by atoms with Gasteiger partial charge in [-0.15, -0.1) is 0 Å². The number of likely N-dealkylation sites (tertiary alicyclic amines) is 2. The molecule has 4 aliphatic heterocycles. The van der Waals surface area contributed by atoms with E-state index in [1.807, 2.05) is 17.9 Å². The molecule has 0 radical (unpaired) electrons. The molecule has 31 heavy (non-hydrogen) atoms. The van der Waals surface area contributed by atoms with E-state index in [1.54, 1.807) is 12.1 Å². The normalized spacial score (nSPS) is 22.3. The first kappa shape index (κ1) is 20.1. The highest BCUT2D eigenvalue weighted by Gasteiger charge is 2.39. The van der Waals surface area contributed by atoms with Crippen molar-refractivity contribution in [3.8, 4) is 0 Å². The Labute approximate surface area is 182 Å². The number of carbonyl (C=O) groups excluding carboxylic acids is 3. The fraction of sp³-hybridized carbons (Fsp3) is 0.542. The molecule has 0 aliphatic carbocycles. The Balaban J connectivity index is 1.16. The zero-order valence-electron chi connectivity index (χ0n) is 17.9. The average Bonchev–Trinajstić information content (AvgIpc) is 3.37. The summed E-state index contributed by atoms with van der Waals surface area (Å²) in [5, 5.41) is 0. The minimum Gasteiger partial charge on any atom is -0.457 e. The molecule has 0 aromatic heterocycles. The van der Waals surface area contributed by atoms with Crippen molar-refractivity contribution in [2.45, 2.75) is 45.6 Å². The summed E-state index contributed by atoms with van der Waals surface area (Å²) in [7, 11) is 0. The molecule has 0 unspecified atom stereocenters. The fourth-order valence-electron chi connectivity index (χ4n) is 5.41. The van der Waals surface area contributed by atoms with Crippen molar-refractivity contribution in [2.75, 3.05) is 32.8 Å². The fourth-order valence-corrected chi connectivity index (χ4v) is 5.41. The molecule has 164 valence electrons. The van der Waals surface area contributed by atoms with Crippen molar-refractivity contribution < 1.29 is 23.9 Å². The third-order valence-electron chi connectivity index (χ3n) is 7.67. The first-order chi connectivity index (χ1) is 14.9. The Bertz CT molecular complexity index is 964. The van der Waals surface area contributed by atoms with Gasteiger partial charge in [0.2, 0.25) is 5.91 Å². The van der Waals surface area contributed by atoms with E-state index in [0.29, 0.717) is 30.6 Å². The molecule has 1 spiro atoms. The van der Waals surface area contributed by atoms with Gasteiger partial charge in [0.25, 0.3) is 0 Å². The van der Waals surface area contributed by atoms with Crippen molar-refractivity contribution in [2.24, 2.45) is 5.41 Å². The summed E-state index contributed by atoms with van der Waals surface area (Å²) in [5.74, 6) is -0.348. The van der Waals surface area contributed by atoms with E-state index in [1.165, 1.54) is 0 Å². The molecule has 0 N–H and O–H groups in total. The third-order valence-corrected chi connectivity index (χ3v) is 7.67. The average molecular weight is 424 g/mol. The second kappa shape index (κ2) is 7.70. The Morgan fingerprint density at radius 3 is 2.39 bits per heavy atom. The van der Waals surface area contributed by atoms with Crippen molar-refractivity contribution in [1.82, 2.24) is 9.80 Å².